The van der Waals surface area contributed by atoms with E-state index in [4.69, 9.17) is 9.16 Å². The van der Waals surface area contributed by atoms with E-state index in [0.29, 0.717) is 32.0 Å². The average molecular weight is 445 g/mol. The monoisotopic (exact) mass is 444 g/mol. The zero-order valence-electron chi connectivity index (χ0n) is 20.5. The quantitative estimate of drug-likeness (QED) is 0.280. The van der Waals surface area contributed by atoms with E-state index in [2.05, 4.69) is 46.5 Å². The Kier molecular flexibility index (Phi) is 6.61. The molecule has 0 amide bonds. The zero-order chi connectivity index (χ0) is 23.2. The Morgan fingerprint density at radius 1 is 1.35 bits per heavy atom. The smallest absolute Gasteiger partial charge is 0.312 e. The second kappa shape index (κ2) is 8.47. The summed E-state index contributed by atoms with van der Waals surface area (Å²) in [4.78, 5) is 25.7. The lowest BCUT2D eigenvalue weighted by atomic mass is 9.65. The molecule has 4 nitrogen and oxygen atoms in total. The fraction of sp³-hybridized carbons (Fsp3) is 0.692. The van der Waals surface area contributed by atoms with Crippen LogP contribution in [0.1, 0.15) is 66.7 Å². The lowest BCUT2D eigenvalue weighted by Crippen LogP contribution is -2.41. The van der Waals surface area contributed by atoms with Gasteiger partial charge >= 0.3 is 5.97 Å². The molecule has 3 rings (SSSR count). The van der Waals surface area contributed by atoms with Gasteiger partial charge in [-0.1, -0.05) is 39.0 Å². The summed E-state index contributed by atoms with van der Waals surface area (Å²) < 4.78 is 11.7. The van der Waals surface area contributed by atoms with Crippen LogP contribution in [0.3, 0.4) is 0 Å². The van der Waals surface area contributed by atoms with Crippen molar-refractivity contribution in [3.8, 4) is 0 Å². The predicted molar refractivity (Wildman–Crippen MR) is 127 cm³/mol. The van der Waals surface area contributed by atoms with Crippen LogP contribution in [-0.4, -0.2) is 33.3 Å². The van der Waals surface area contributed by atoms with Crippen molar-refractivity contribution in [2.75, 3.05) is 13.2 Å². The van der Waals surface area contributed by atoms with Crippen molar-refractivity contribution >= 4 is 20.1 Å². The molecule has 172 valence electrons. The standard InChI is InChI=1S/C26H40O4Si/c1-17(15-30-31(7,8)25(3,4)5)19-10-9-11-20(14-19)23(27)21-12-13-26(6)22(18(21)2)16-29-24(26)28/h11,19,22H,1,9-10,12-16H2,2-8H3/t19-,22+,26-/m1/s1. The molecule has 0 aromatic carbocycles. The normalized spacial score (nSPS) is 29.4. The molecule has 3 aliphatic rings. The van der Waals surface area contributed by atoms with Crippen molar-refractivity contribution in [1.82, 2.24) is 0 Å². The van der Waals surface area contributed by atoms with E-state index in [0.717, 1.165) is 41.6 Å². The number of allylic oxidation sites excluding steroid dienone is 3. The van der Waals surface area contributed by atoms with Crippen LogP contribution in [0.2, 0.25) is 18.1 Å². The Balaban J connectivity index is 1.67. The van der Waals surface area contributed by atoms with Crippen LogP contribution < -0.4 is 0 Å². The summed E-state index contributed by atoms with van der Waals surface area (Å²) in [6, 6.07) is 0. The highest BCUT2D eigenvalue weighted by atomic mass is 28.4. The third-order valence-electron chi connectivity index (χ3n) is 8.45. The molecule has 0 spiro atoms. The average Bonchev–Trinajstić information content (AvgIpc) is 3.01. The first-order chi connectivity index (χ1) is 14.3. The van der Waals surface area contributed by atoms with E-state index in [1.807, 2.05) is 13.8 Å². The summed E-state index contributed by atoms with van der Waals surface area (Å²) in [5.74, 6) is 0.376. The molecule has 1 heterocycles. The van der Waals surface area contributed by atoms with Gasteiger partial charge in [0.05, 0.1) is 18.6 Å². The van der Waals surface area contributed by atoms with Crippen molar-refractivity contribution in [3.05, 3.63) is 34.9 Å². The van der Waals surface area contributed by atoms with E-state index in [1.54, 1.807) is 0 Å². The van der Waals surface area contributed by atoms with Gasteiger partial charge in [0.15, 0.2) is 14.1 Å². The Morgan fingerprint density at radius 3 is 2.68 bits per heavy atom. The fourth-order valence-electron chi connectivity index (χ4n) is 4.86. The molecular formula is C26H40O4Si. The molecule has 31 heavy (non-hydrogen) atoms. The third-order valence-corrected chi connectivity index (χ3v) is 12.9. The maximum Gasteiger partial charge on any atom is 0.312 e. The number of Topliss-reactive ketones (excluding diaryl/α,β-unsaturated/α-hetero) is 1. The number of carbonyl (C=O) groups excluding carboxylic acids is 2. The predicted octanol–water partition coefficient (Wildman–Crippen LogP) is 6.15. The second-order valence-corrected chi connectivity index (χ2v) is 16.3. The number of cyclic esters (lactones) is 1. The van der Waals surface area contributed by atoms with Crippen LogP contribution in [0.15, 0.2) is 34.9 Å². The van der Waals surface area contributed by atoms with Gasteiger partial charge in [-0.15, -0.1) is 0 Å². The SMILES string of the molecule is C=C(CO[Si](C)(C)C(C)(C)C)[C@@H]1CCC=C(C(=O)C2=C(C)[C@@H]3COC(=O)[C@]3(C)CC2)C1. The minimum absolute atomic E-state index is 0.0284. The van der Waals surface area contributed by atoms with Crippen LogP contribution in [0, 0.1) is 17.3 Å². The van der Waals surface area contributed by atoms with E-state index >= 15 is 0 Å². The molecular weight excluding hydrogens is 404 g/mol. The molecule has 2 aliphatic carbocycles. The molecule has 0 unspecified atom stereocenters. The lowest BCUT2D eigenvalue weighted by Gasteiger charge is -2.37. The van der Waals surface area contributed by atoms with Crippen molar-refractivity contribution < 1.29 is 18.8 Å². The molecule has 0 aromatic rings. The van der Waals surface area contributed by atoms with E-state index in [1.165, 1.54) is 0 Å². The van der Waals surface area contributed by atoms with Gasteiger partial charge in [-0.05, 0) is 86.7 Å². The Hall–Kier alpha value is -1.46. The highest BCUT2D eigenvalue weighted by molar-refractivity contribution is 6.74. The number of hydrogen-bond acceptors (Lipinski definition) is 4. The van der Waals surface area contributed by atoms with Crippen molar-refractivity contribution in [1.29, 1.82) is 0 Å². The van der Waals surface area contributed by atoms with Gasteiger partial charge in [-0.3, -0.25) is 9.59 Å². The number of rotatable bonds is 6. The molecule has 0 saturated carbocycles. The van der Waals surface area contributed by atoms with Crippen molar-refractivity contribution in [2.45, 2.75) is 84.9 Å². The summed E-state index contributed by atoms with van der Waals surface area (Å²) in [5.41, 5.74) is 3.50. The van der Waals surface area contributed by atoms with E-state index in [-0.39, 0.29) is 22.7 Å². The van der Waals surface area contributed by atoms with Crippen molar-refractivity contribution in [3.63, 3.8) is 0 Å². The molecule has 1 fully saturated rings. The Labute approximate surface area is 189 Å². The molecule has 3 atom stereocenters. The highest BCUT2D eigenvalue weighted by Gasteiger charge is 2.52. The molecule has 1 saturated heterocycles. The first-order valence-corrected chi connectivity index (χ1v) is 14.6. The van der Waals surface area contributed by atoms with Crippen molar-refractivity contribution in [2.24, 2.45) is 17.3 Å². The van der Waals surface area contributed by atoms with Crippen LogP contribution in [0.4, 0.5) is 0 Å². The van der Waals surface area contributed by atoms with Gasteiger partial charge in [0.25, 0.3) is 0 Å². The summed E-state index contributed by atoms with van der Waals surface area (Å²) in [6.07, 6.45) is 6.14. The minimum atomic E-state index is -1.82. The Morgan fingerprint density at radius 2 is 2.03 bits per heavy atom. The number of fused-ring (bicyclic) bond motifs is 1. The van der Waals surface area contributed by atoms with Crippen LogP contribution in [0.25, 0.3) is 0 Å². The largest absolute Gasteiger partial charge is 0.465 e. The maximum atomic E-state index is 13.4. The highest BCUT2D eigenvalue weighted by Crippen LogP contribution is 2.49. The first kappa shape index (κ1) is 24.2. The summed E-state index contributed by atoms with van der Waals surface area (Å²) >= 11 is 0. The van der Waals surface area contributed by atoms with Crippen LogP contribution in [0.5, 0.6) is 0 Å². The summed E-state index contributed by atoms with van der Waals surface area (Å²) in [7, 11) is -1.82. The van der Waals surface area contributed by atoms with Crippen LogP contribution in [-0.2, 0) is 18.8 Å². The lowest BCUT2D eigenvalue weighted by molar-refractivity contribution is -0.146. The number of ketones is 1. The number of esters is 1. The van der Waals surface area contributed by atoms with Gasteiger partial charge < -0.3 is 9.16 Å². The first-order valence-electron chi connectivity index (χ1n) is 11.7. The number of hydrogen-bond donors (Lipinski definition) is 0. The molecule has 0 radical (unpaired) electrons. The topological polar surface area (TPSA) is 52.6 Å². The second-order valence-electron chi connectivity index (χ2n) is 11.5. The third kappa shape index (κ3) is 4.54. The van der Waals surface area contributed by atoms with Crippen LogP contribution >= 0.6 is 0 Å². The molecule has 0 bridgehead atoms. The summed E-state index contributed by atoms with van der Waals surface area (Å²) in [6.45, 7) is 20.6. The fourth-order valence-corrected chi connectivity index (χ4v) is 5.84. The minimum Gasteiger partial charge on any atom is -0.465 e. The molecule has 0 aromatic heterocycles. The zero-order valence-corrected chi connectivity index (χ0v) is 21.5. The van der Waals surface area contributed by atoms with E-state index in [9.17, 15) is 9.59 Å². The summed E-state index contributed by atoms with van der Waals surface area (Å²) in [5, 5.41) is 0.172. The van der Waals surface area contributed by atoms with Gasteiger partial charge in [0, 0.05) is 5.92 Å². The van der Waals surface area contributed by atoms with E-state index < -0.39 is 13.7 Å². The van der Waals surface area contributed by atoms with Gasteiger partial charge in [-0.25, -0.2) is 0 Å². The van der Waals surface area contributed by atoms with Gasteiger partial charge in [0.2, 0.25) is 0 Å². The molecule has 0 N–H and O–H groups in total. The Bertz CT molecular complexity index is 842. The number of ether oxygens (including phenoxy) is 1. The molecule has 1 aliphatic heterocycles. The molecule has 5 heteroatoms. The van der Waals surface area contributed by atoms with Gasteiger partial charge in [-0.2, -0.15) is 0 Å². The maximum absolute atomic E-state index is 13.4. The number of carbonyl (C=O) groups is 2. The van der Waals surface area contributed by atoms with Gasteiger partial charge in [0.1, 0.15) is 0 Å².